The van der Waals surface area contributed by atoms with Gasteiger partial charge in [-0.15, -0.1) is 0 Å². The van der Waals surface area contributed by atoms with E-state index in [-0.39, 0.29) is 25.9 Å². The first kappa shape index (κ1) is 63.4. The molecule has 66 heavy (non-hydrogen) atoms. The van der Waals surface area contributed by atoms with Gasteiger partial charge in [-0.25, -0.2) is 4.57 Å². The van der Waals surface area contributed by atoms with Gasteiger partial charge in [-0.1, -0.05) is 179 Å². The summed E-state index contributed by atoms with van der Waals surface area (Å²) in [6.45, 7) is 4.51. The molecule has 0 rings (SSSR count). The number of carbonyl (C=O) groups is 3. The van der Waals surface area contributed by atoms with Crippen molar-refractivity contribution in [3.63, 3.8) is 0 Å². The molecule has 12 heteroatoms. The minimum Gasteiger partial charge on any atom is -0.462 e. The van der Waals surface area contributed by atoms with Gasteiger partial charge in [0.25, 0.3) is 0 Å². The third-order valence-electron chi connectivity index (χ3n) is 11.2. The number of aliphatic hydroxyl groups is 1. The molecule has 0 aliphatic carbocycles. The highest BCUT2D eigenvalue weighted by Gasteiger charge is 2.28. The van der Waals surface area contributed by atoms with Gasteiger partial charge in [0.2, 0.25) is 0 Å². The first-order chi connectivity index (χ1) is 32.2. The summed E-state index contributed by atoms with van der Waals surface area (Å²) in [5, 5.41) is 9.76. The summed E-state index contributed by atoms with van der Waals surface area (Å²) in [5.41, 5.74) is 0. The number of phosphoric ester groups is 1. The van der Waals surface area contributed by atoms with Crippen molar-refractivity contribution in [2.45, 2.75) is 251 Å². The molecule has 0 heterocycles. The molecule has 0 aromatic heterocycles. The van der Waals surface area contributed by atoms with Crippen molar-refractivity contribution in [2.75, 3.05) is 26.4 Å². The molecule has 3 unspecified atom stereocenters. The molecule has 11 nitrogen and oxygen atoms in total. The Morgan fingerprint density at radius 3 is 1.18 bits per heavy atom. The third kappa shape index (κ3) is 46.5. The summed E-state index contributed by atoms with van der Waals surface area (Å²) in [6, 6.07) is 0. The van der Waals surface area contributed by atoms with Crippen molar-refractivity contribution in [3.8, 4) is 0 Å². The lowest BCUT2D eigenvalue weighted by molar-refractivity contribution is -0.161. The number of hydrogen-bond acceptors (Lipinski definition) is 10. The molecule has 3 atom stereocenters. The Morgan fingerprint density at radius 1 is 0.424 bits per heavy atom. The number of phosphoric acid groups is 1. The van der Waals surface area contributed by atoms with Crippen molar-refractivity contribution in [2.24, 2.45) is 0 Å². The van der Waals surface area contributed by atoms with E-state index in [2.05, 4.69) is 69.4 Å². The van der Waals surface area contributed by atoms with Crippen LogP contribution in [0.4, 0.5) is 0 Å². The molecular formula is C54H97O11P. The van der Waals surface area contributed by atoms with Crippen LogP contribution in [0.5, 0.6) is 0 Å². The monoisotopic (exact) mass is 953 g/mol. The first-order valence-corrected chi connectivity index (χ1v) is 28.0. The Kier molecular flexibility index (Phi) is 47.0. The van der Waals surface area contributed by atoms with Crippen LogP contribution in [-0.4, -0.2) is 66.5 Å². The van der Waals surface area contributed by atoms with E-state index < -0.39 is 57.8 Å². The molecule has 0 spiro atoms. The Balaban J connectivity index is 4.72. The summed E-state index contributed by atoms with van der Waals surface area (Å²) >= 11 is 0. The van der Waals surface area contributed by atoms with Crippen molar-refractivity contribution in [1.82, 2.24) is 0 Å². The van der Waals surface area contributed by atoms with Gasteiger partial charge in [-0.3, -0.25) is 23.4 Å². The number of esters is 3. The Labute approximate surface area is 403 Å². The molecule has 0 saturated heterocycles. The number of carbonyl (C=O) groups excluding carboxylic acids is 3. The van der Waals surface area contributed by atoms with Gasteiger partial charge < -0.3 is 24.2 Å². The minimum absolute atomic E-state index is 0.155. The van der Waals surface area contributed by atoms with Crippen molar-refractivity contribution in [1.29, 1.82) is 0 Å². The lowest BCUT2D eigenvalue weighted by Crippen LogP contribution is -2.30. The van der Waals surface area contributed by atoms with E-state index >= 15 is 0 Å². The zero-order chi connectivity index (χ0) is 48.4. The van der Waals surface area contributed by atoms with E-state index in [1.165, 1.54) is 70.6 Å². The van der Waals surface area contributed by atoms with E-state index in [9.17, 15) is 28.9 Å². The quantitative estimate of drug-likeness (QED) is 0.0197. The maximum absolute atomic E-state index is 12.8. The van der Waals surface area contributed by atoms with Gasteiger partial charge in [-0.2, -0.15) is 0 Å². The van der Waals surface area contributed by atoms with Crippen LogP contribution in [0.2, 0.25) is 0 Å². The topological polar surface area (TPSA) is 155 Å². The lowest BCUT2D eigenvalue weighted by atomic mass is 10.1. The maximum atomic E-state index is 12.8. The smallest absolute Gasteiger partial charge is 0.462 e. The van der Waals surface area contributed by atoms with E-state index in [1.54, 1.807) is 0 Å². The molecule has 0 aliphatic rings. The molecule has 384 valence electrons. The Hall–Kier alpha value is -2.56. The Bertz CT molecular complexity index is 1300. The van der Waals surface area contributed by atoms with Crippen molar-refractivity contribution >= 4 is 25.7 Å². The average molecular weight is 953 g/mol. The average Bonchev–Trinajstić information content (AvgIpc) is 3.30. The van der Waals surface area contributed by atoms with Crippen LogP contribution in [0.15, 0.2) is 48.6 Å². The molecule has 0 aromatic carbocycles. The number of unbranched alkanes of at least 4 members (excludes halogenated alkanes) is 24. The van der Waals surface area contributed by atoms with Gasteiger partial charge in [-0.05, 0) is 89.9 Å². The van der Waals surface area contributed by atoms with Gasteiger partial charge in [0.15, 0.2) is 6.10 Å². The molecule has 0 radical (unpaired) electrons. The van der Waals surface area contributed by atoms with Crippen molar-refractivity contribution in [3.05, 3.63) is 48.6 Å². The fraction of sp³-hybridized carbons (Fsp3) is 0.796. The highest BCUT2D eigenvalue weighted by molar-refractivity contribution is 7.47. The highest BCUT2D eigenvalue weighted by Crippen LogP contribution is 2.43. The van der Waals surface area contributed by atoms with E-state index in [1.807, 2.05) is 0 Å². The molecule has 0 saturated carbocycles. The van der Waals surface area contributed by atoms with Crippen LogP contribution in [0.25, 0.3) is 0 Å². The van der Waals surface area contributed by atoms with Gasteiger partial charge in [0, 0.05) is 19.3 Å². The van der Waals surface area contributed by atoms with Crippen LogP contribution in [0.3, 0.4) is 0 Å². The van der Waals surface area contributed by atoms with Crippen LogP contribution in [-0.2, 0) is 42.2 Å². The van der Waals surface area contributed by atoms with Crippen LogP contribution in [0, 0.1) is 0 Å². The molecule has 0 amide bonds. The maximum Gasteiger partial charge on any atom is 0.472 e. The molecule has 0 aromatic rings. The van der Waals surface area contributed by atoms with Gasteiger partial charge in [0.05, 0.1) is 19.8 Å². The lowest BCUT2D eigenvalue weighted by Gasteiger charge is -2.21. The second kappa shape index (κ2) is 48.9. The summed E-state index contributed by atoms with van der Waals surface area (Å²) in [4.78, 5) is 48.3. The minimum atomic E-state index is -4.74. The molecular weight excluding hydrogens is 856 g/mol. The largest absolute Gasteiger partial charge is 0.472 e. The fourth-order valence-corrected chi connectivity index (χ4v) is 7.84. The number of hydrogen-bond donors (Lipinski definition) is 2. The number of allylic oxidation sites excluding steroid dienone is 8. The van der Waals surface area contributed by atoms with Crippen LogP contribution in [0.1, 0.15) is 239 Å². The fourth-order valence-electron chi connectivity index (χ4n) is 7.05. The summed E-state index contributed by atoms with van der Waals surface area (Å²) in [6.07, 6.45) is 49.4. The first-order valence-electron chi connectivity index (χ1n) is 26.5. The van der Waals surface area contributed by atoms with Gasteiger partial charge in [0.1, 0.15) is 12.7 Å². The predicted octanol–water partition coefficient (Wildman–Crippen LogP) is 15.0. The molecule has 0 fully saturated rings. The van der Waals surface area contributed by atoms with Crippen molar-refractivity contribution < 1.29 is 52.2 Å². The van der Waals surface area contributed by atoms with Crippen LogP contribution < -0.4 is 0 Å². The molecule has 0 bridgehead atoms. The molecule has 2 N–H and O–H groups in total. The van der Waals surface area contributed by atoms with Gasteiger partial charge >= 0.3 is 25.7 Å². The SMILES string of the molecule is CCCC/C=C\CCCCCCCC(=O)OC(CO)COP(=O)(O)OCC(COC(=O)CCCCCCCCC/C=C\C/C=C\CCCCC)OC(=O)CCCCCCC/C=C\CCCC. The normalized spacial score (nSPS) is 13.8. The number of ether oxygens (including phenoxy) is 3. The second-order valence-corrected chi connectivity index (χ2v) is 19.1. The highest BCUT2D eigenvalue weighted by atomic mass is 31.2. The third-order valence-corrected chi connectivity index (χ3v) is 12.1. The van der Waals surface area contributed by atoms with E-state index in [4.69, 9.17) is 23.3 Å². The predicted molar refractivity (Wildman–Crippen MR) is 270 cm³/mol. The number of rotatable bonds is 49. The second-order valence-electron chi connectivity index (χ2n) is 17.7. The standard InChI is InChI=1S/C54H97O11P/c1-4-7-10-13-16-19-22-23-24-25-26-27-30-31-34-37-40-43-52(56)61-47-51(65-54(58)45-42-39-36-33-29-21-18-15-12-9-6-3)49-63-66(59,60)62-48-50(46-55)64-53(57)44-41-38-35-32-28-20-17-14-11-8-5-2/h14-19,23-24,50-51,55H,4-13,20-22,25-49H2,1-3H3,(H,59,60)/b17-14-,18-15-,19-16-,24-23-. The van der Waals surface area contributed by atoms with Crippen LogP contribution >= 0.6 is 7.82 Å². The summed E-state index contributed by atoms with van der Waals surface area (Å²) in [7, 11) is -4.74. The molecule has 0 aliphatic heterocycles. The zero-order valence-electron chi connectivity index (χ0n) is 42.2. The van der Waals surface area contributed by atoms with E-state index in [0.717, 1.165) is 109 Å². The number of aliphatic hydroxyl groups excluding tert-OH is 1. The zero-order valence-corrected chi connectivity index (χ0v) is 43.1. The summed E-state index contributed by atoms with van der Waals surface area (Å²) in [5.74, 6) is -1.49. The summed E-state index contributed by atoms with van der Waals surface area (Å²) < 4.78 is 39.3. The van der Waals surface area contributed by atoms with E-state index in [0.29, 0.717) is 19.3 Å². The Morgan fingerprint density at radius 2 is 0.758 bits per heavy atom.